The van der Waals surface area contributed by atoms with Gasteiger partial charge >= 0.3 is 0 Å². The van der Waals surface area contributed by atoms with Crippen molar-refractivity contribution in [3.05, 3.63) is 62.3 Å². The lowest BCUT2D eigenvalue weighted by atomic mass is 9.95. The molecule has 0 radical (unpaired) electrons. The standard InChI is InChI=1S/C23H26O3S/c1-13-21-17(11-18-22(21)23(18,2)3)20(27-13)9-8-19(26)15-6-4-14(5-7-15)10-16(25)12-24/h4-9,16,18,22,24-25H,10-12H2,1-3H3/t16?,18-,22-/m1/s1. The second kappa shape index (κ2) is 6.69. The van der Waals surface area contributed by atoms with Crippen LogP contribution in [0.15, 0.2) is 30.3 Å². The first kappa shape index (κ1) is 18.6. The Hall–Kier alpha value is -1.75. The molecule has 2 aliphatic rings. The number of ketones is 1. The molecule has 2 aromatic rings. The quantitative estimate of drug-likeness (QED) is 0.583. The maximum Gasteiger partial charge on any atom is 0.185 e. The van der Waals surface area contributed by atoms with E-state index < -0.39 is 6.10 Å². The second-order valence-corrected chi connectivity index (χ2v) is 9.72. The van der Waals surface area contributed by atoms with Gasteiger partial charge < -0.3 is 10.2 Å². The van der Waals surface area contributed by atoms with Gasteiger partial charge in [0.15, 0.2) is 5.78 Å². The molecule has 0 saturated heterocycles. The highest BCUT2D eigenvalue weighted by atomic mass is 32.1. The summed E-state index contributed by atoms with van der Waals surface area (Å²) in [5.41, 5.74) is 5.01. The molecule has 4 heteroatoms. The number of hydrogen-bond acceptors (Lipinski definition) is 4. The smallest absolute Gasteiger partial charge is 0.185 e. The fraction of sp³-hybridized carbons (Fsp3) is 0.435. The largest absolute Gasteiger partial charge is 0.394 e. The topological polar surface area (TPSA) is 57.5 Å². The minimum Gasteiger partial charge on any atom is -0.394 e. The van der Waals surface area contributed by atoms with Gasteiger partial charge in [0, 0.05) is 21.7 Å². The van der Waals surface area contributed by atoms with Gasteiger partial charge in [0.25, 0.3) is 0 Å². The minimum absolute atomic E-state index is 0.00690. The van der Waals surface area contributed by atoms with Crippen molar-refractivity contribution in [2.24, 2.45) is 11.3 Å². The van der Waals surface area contributed by atoms with E-state index in [1.807, 2.05) is 18.2 Å². The lowest BCUT2D eigenvalue weighted by molar-refractivity contribution is 0.0955. The van der Waals surface area contributed by atoms with Gasteiger partial charge in [0.2, 0.25) is 0 Å². The third kappa shape index (κ3) is 3.20. The van der Waals surface area contributed by atoms with Crippen LogP contribution in [0.2, 0.25) is 0 Å². The van der Waals surface area contributed by atoms with Crippen molar-refractivity contribution in [3.63, 3.8) is 0 Å². The summed E-state index contributed by atoms with van der Waals surface area (Å²) in [6, 6.07) is 7.24. The van der Waals surface area contributed by atoms with Gasteiger partial charge in [0.05, 0.1) is 12.7 Å². The molecule has 1 aromatic heterocycles. The van der Waals surface area contributed by atoms with Crippen LogP contribution in [0.1, 0.15) is 56.6 Å². The van der Waals surface area contributed by atoms with E-state index in [1.165, 1.54) is 15.3 Å². The van der Waals surface area contributed by atoms with Gasteiger partial charge in [-0.1, -0.05) is 38.1 Å². The lowest BCUT2D eigenvalue weighted by Crippen LogP contribution is -2.15. The van der Waals surface area contributed by atoms with Gasteiger partial charge in [-0.05, 0) is 59.4 Å². The number of aliphatic hydroxyl groups excluding tert-OH is 2. The zero-order valence-electron chi connectivity index (χ0n) is 16.0. The molecule has 0 spiro atoms. The molecule has 27 heavy (non-hydrogen) atoms. The lowest BCUT2D eigenvalue weighted by Gasteiger charge is -2.09. The van der Waals surface area contributed by atoms with Crippen molar-refractivity contribution in [2.45, 2.75) is 45.6 Å². The van der Waals surface area contributed by atoms with Gasteiger partial charge in [-0.15, -0.1) is 11.3 Å². The number of allylic oxidation sites excluding steroid dienone is 1. The van der Waals surface area contributed by atoms with Gasteiger partial charge in [-0.25, -0.2) is 0 Å². The van der Waals surface area contributed by atoms with E-state index in [0.717, 1.165) is 17.9 Å². The predicted molar refractivity (Wildman–Crippen MR) is 109 cm³/mol. The summed E-state index contributed by atoms with van der Waals surface area (Å²) >= 11 is 1.81. The molecule has 1 fully saturated rings. The molecular weight excluding hydrogens is 356 g/mol. The van der Waals surface area contributed by atoms with E-state index in [-0.39, 0.29) is 12.4 Å². The van der Waals surface area contributed by atoms with Crippen LogP contribution in [0.25, 0.3) is 6.08 Å². The Kier molecular flexibility index (Phi) is 4.61. The summed E-state index contributed by atoms with van der Waals surface area (Å²) < 4.78 is 0. The number of carbonyl (C=O) groups is 1. The average molecular weight is 383 g/mol. The number of hydrogen-bond donors (Lipinski definition) is 2. The Morgan fingerprint density at radius 3 is 2.70 bits per heavy atom. The van der Waals surface area contributed by atoms with E-state index in [0.29, 0.717) is 23.3 Å². The highest BCUT2D eigenvalue weighted by Gasteiger charge is 2.63. The number of aliphatic hydroxyl groups is 2. The second-order valence-electron chi connectivity index (χ2n) is 8.46. The van der Waals surface area contributed by atoms with Crippen LogP contribution in [-0.2, 0) is 12.8 Å². The molecule has 4 rings (SSSR count). The van der Waals surface area contributed by atoms with Crippen molar-refractivity contribution in [2.75, 3.05) is 6.61 Å². The molecule has 142 valence electrons. The van der Waals surface area contributed by atoms with Crippen LogP contribution in [0.4, 0.5) is 0 Å². The summed E-state index contributed by atoms with van der Waals surface area (Å²) in [5, 5.41) is 18.4. The Balaban J connectivity index is 1.47. The van der Waals surface area contributed by atoms with E-state index in [4.69, 9.17) is 5.11 Å². The van der Waals surface area contributed by atoms with E-state index in [1.54, 1.807) is 35.1 Å². The van der Waals surface area contributed by atoms with E-state index in [9.17, 15) is 9.90 Å². The molecule has 1 unspecified atom stereocenters. The number of carbonyl (C=O) groups excluding carboxylic acids is 1. The van der Waals surface area contributed by atoms with Crippen LogP contribution in [-0.4, -0.2) is 28.7 Å². The van der Waals surface area contributed by atoms with E-state index in [2.05, 4.69) is 20.8 Å². The summed E-state index contributed by atoms with van der Waals surface area (Å²) in [6.45, 7) is 6.68. The molecule has 1 saturated carbocycles. The Labute approximate surface area is 164 Å². The van der Waals surface area contributed by atoms with Gasteiger partial charge in [0.1, 0.15) is 0 Å². The Bertz CT molecular complexity index is 904. The highest BCUT2D eigenvalue weighted by molar-refractivity contribution is 7.13. The molecule has 2 N–H and O–H groups in total. The van der Waals surface area contributed by atoms with Gasteiger partial charge in [-0.2, -0.15) is 0 Å². The maximum absolute atomic E-state index is 12.5. The minimum atomic E-state index is -0.758. The molecule has 0 amide bonds. The normalized spacial score (nSPS) is 23.3. The number of thiophene rings is 1. The summed E-state index contributed by atoms with van der Waals surface area (Å²) in [7, 11) is 0. The molecule has 0 aliphatic heterocycles. The molecule has 2 aliphatic carbocycles. The number of rotatable bonds is 6. The first-order chi connectivity index (χ1) is 12.8. The Morgan fingerprint density at radius 1 is 1.33 bits per heavy atom. The highest BCUT2D eigenvalue weighted by Crippen LogP contribution is 2.71. The molecule has 1 aromatic carbocycles. The first-order valence-corrected chi connectivity index (χ1v) is 10.4. The number of aryl methyl sites for hydroxylation is 1. The fourth-order valence-corrected chi connectivity index (χ4v) is 5.83. The molecular formula is C23H26O3S. The van der Waals surface area contributed by atoms with Crippen molar-refractivity contribution >= 4 is 23.2 Å². The monoisotopic (exact) mass is 382 g/mol. The fourth-order valence-electron chi connectivity index (χ4n) is 4.69. The molecule has 3 nitrogen and oxygen atoms in total. The van der Waals surface area contributed by atoms with E-state index >= 15 is 0 Å². The van der Waals surface area contributed by atoms with Crippen LogP contribution in [0, 0.1) is 18.3 Å². The summed E-state index contributed by atoms with van der Waals surface area (Å²) in [6.07, 6.45) is 4.44. The van der Waals surface area contributed by atoms with Crippen LogP contribution in [0.5, 0.6) is 0 Å². The summed E-state index contributed by atoms with van der Waals surface area (Å²) in [4.78, 5) is 15.2. The van der Waals surface area contributed by atoms with Crippen molar-refractivity contribution in [3.8, 4) is 0 Å². The van der Waals surface area contributed by atoms with Crippen LogP contribution in [0.3, 0.4) is 0 Å². The molecule has 3 atom stereocenters. The third-order valence-electron chi connectivity index (χ3n) is 6.36. The average Bonchev–Trinajstić information content (AvgIpc) is 2.96. The van der Waals surface area contributed by atoms with Crippen molar-refractivity contribution in [1.29, 1.82) is 0 Å². The number of benzene rings is 1. The Morgan fingerprint density at radius 2 is 2.04 bits per heavy atom. The maximum atomic E-state index is 12.5. The zero-order chi connectivity index (χ0) is 19.3. The molecule has 0 bridgehead atoms. The zero-order valence-corrected chi connectivity index (χ0v) is 16.8. The summed E-state index contributed by atoms with van der Waals surface area (Å²) in [5.74, 6) is 1.48. The van der Waals surface area contributed by atoms with Crippen LogP contribution < -0.4 is 0 Å². The van der Waals surface area contributed by atoms with Crippen molar-refractivity contribution in [1.82, 2.24) is 0 Å². The van der Waals surface area contributed by atoms with Gasteiger partial charge in [-0.3, -0.25) is 4.79 Å². The SMILES string of the molecule is Cc1sc(C=CC(=O)c2ccc(CC(O)CO)cc2)c2c1[C@H]1[C@@H](C2)C1(C)C. The molecule has 1 heterocycles. The predicted octanol–water partition coefficient (Wildman–Crippen LogP) is 4.14. The van der Waals surface area contributed by atoms with Crippen LogP contribution >= 0.6 is 11.3 Å². The third-order valence-corrected chi connectivity index (χ3v) is 7.49. The first-order valence-electron chi connectivity index (χ1n) is 9.55. The van der Waals surface area contributed by atoms with Crippen molar-refractivity contribution < 1.29 is 15.0 Å². The number of fused-ring (bicyclic) bond motifs is 3.